The van der Waals surface area contributed by atoms with Gasteiger partial charge >= 0.3 is 5.97 Å². The van der Waals surface area contributed by atoms with Crippen molar-refractivity contribution in [2.24, 2.45) is 0 Å². The fraction of sp³-hybridized carbons (Fsp3) is 0.786. The van der Waals surface area contributed by atoms with E-state index in [0.717, 1.165) is 13.0 Å². The van der Waals surface area contributed by atoms with Gasteiger partial charge in [-0.15, -0.1) is 0 Å². The molecule has 0 N–H and O–H groups in total. The summed E-state index contributed by atoms with van der Waals surface area (Å²) < 4.78 is 15.9. The van der Waals surface area contributed by atoms with Crippen LogP contribution in [0.1, 0.15) is 57.7 Å². The van der Waals surface area contributed by atoms with Gasteiger partial charge in [0, 0.05) is 12.5 Å². The van der Waals surface area contributed by atoms with Crippen LogP contribution in [0, 0.1) is 0 Å². The van der Waals surface area contributed by atoms with Crippen molar-refractivity contribution in [3.8, 4) is 0 Å². The Balaban J connectivity index is 2.27. The van der Waals surface area contributed by atoms with Gasteiger partial charge in [0.1, 0.15) is 5.41 Å². The van der Waals surface area contributed by atoms with Crippen LogP contribution in [0.25, 0.3) is 0 Å². The maximum absolute atomic E-state index is 12.3. The monoisotopic (exact) mass is 282 g/mol. The molecule has 1 saturated heterocycles. The van der Waals surface area contributed by atoms with E-state index in [1.54, 1.807) is 6.92 Å². The molecular weight excluding hydrogens is 260 g/mol. The van der Waals surface area contributed by atoms with E-state index in [2.05, 4.69) is 10.1 Å². The van der Waals surface area contributed by atoms with Crippen LogP contribution < -0.4 is 0 Å². The average molecular weight is 282 g/mol. The van der Waals surface area contributed by atoms with Crippen LogP contribution in [0.5, 0.6) is 0 Å². The minimum atomic E-state index is -0.833. The number of esters is 1. The first-order valence-corrected chi connectivity index (χ1v) is 7.27. The van der Waals surface area contributed by atoms with Gasteiger partial charge in [0.25, 0.3) is 0 Å². The average Bonchev–Trinajstić information content (AvgIpc) is 3.12. The van der Waals surface area contributed by atoms with Gasteiger partial charge in [-0.05, 0) is 26.2 Å². The first-order chi connectivity index (χ1) is 9.67. The molecule has 2 heterocycles. The van der Waals surface area contributed by atoms with Gasteiger partial charge in [0.05, 0.1) is 13.2 Å². The summed E-state index contributed by atoms with van der Waals surface area (Å²) in [5.41, 5.74) is -0.833. The second-order valence-electron chi connectivity index (χ2n) is 5.03. The van der Waals surface area contributed by atoms with Gasteiger partial charge in [-0.2, -0.15) is 4.98 Å². The van der Waals surface area contributed by atoms with Gasteiger partial charge in [-0.1, -0.05) is 19.0 Å². The number of rotatable bonds is 6. The smallest absolute Gasteiger partial charge is 0.321 e. The second kappa shape index (κ2) is 6.35. The number of carbonyl (C=O) groups excluding carboxylic acids is 1. The molecule has 112 valence electrons. The molecule has 6 heteroatoms. The zero-order chi connectivity index (χ0) is 14.6. The molecule has 1 fully saturated rings. The third-order valence-electron chi connectivity index (χ3n) is 4.02. The fourth-order valence-corrected chi connectivity index (χ4v) is 2.53. The summed E-state index contributed by atoms with van der Waals surface area (Å²) in [5.74, 6) is 0.875. The minimum absolute atomic E-state index is 0.168. The van der Waals surface area contributed by atoms with Gasteiger partial charge in [0.2, 0.25) is 5.89 Å². The topological polar surface area (TPSA) is 74.5 Å². The Morgan fingerprint density at radius 3 is 2.70 bits per heavy atom. The molecule has 2 rings (SSSR count). The molecule has 0 aliphatic carbocycles. The zero-order valence-corrected chi connectivity index (χ0v) is 12.3. The molecule has 20 heavy (non-hydrogen) atoms. The van der Waals surface area contributed by atoms with E-state index in [1.807, 2.05) is 13.8 Å². The summed E-state index contributed by atoms with van der Waals surface area (Å²) in [5, 5.41) is 4.03. The molecule has 0 spiro atoms. The fourth-order valence-electron chi connectivity index (χ4n) is 2.53. The van der Waals surface area contributed by atoms with Crippen LogP contribution in [0.2, 0.25) is 0 Å². The maximum atomic E-state index is 12.3. The Bertz CT molecular complexity index is 448. The van der Waals surface area contributed by atoms with Crippen LogP contribution in [0.4, 0.5) is 0 Å². The molecule has 0 radical (unpaired) electrons. The number of nitrogens with zero attached hydrogens (tertiary/aromatic N) is 2. The van der Waals surface area contributed by atoms with E-state index in [4.69, 9.17) is 14.0 Å². The molecule has 6 nitrogen and oxygen atoms in total. The minimum Gasteiger partial charge on any atom is -0.465 e. The van der Waals surface area contributed by atoms with E-state index in [9.17, 15) is 4.79 Å². The van der Waals surface area contributed by atoms with Crippen molar-refractivity contribution < 1.29 is 18.8 Å². The van der Waals surface area contributed by atoms with E-state index in [-0.39, 0.29) is 11.9 Å². The van der Waals surface area contributed by atoms with Gasteiger partial charge < -0.3 is 14.0 Å². The van der Waals surface area contributed by atoms with Crippen LogP contribution in [-0.4, -0.2) is 35.9 Å². The number of carbonyl (C=O) groups is 1. The molecule has 1 aromatic heterocycles. The van der Waals surface area contributed by atoms with Crippen molar-refractivity contribution >= 4 is 5.97 Å². The van der Waals surface area contributed by atoms with Gasteiger partial charge in [-0.25, -0.2) is 0 Å². The Hall–Kier alpha value is -1.43. The summed E-state index contributed by atoms with van der Waals surface area (Å²) in [7, 11) is 0. The Morgan fingerprint density at radius 2 is 2.15 bits per heavy atom. The van der Waals surface area contributed by atoms with Crippen molar-refractivity contribution in [3.63, 3.8) is 0 Å². The molecule has 1 unspecified atom stereocenters. The van der Waals surface area contributed by atoms with Crippen LogP contribution in [0.15, 0.2) is 4.52 Å². The van der Waals surface area contributed by atoms with Gasteiger partial charge in [-0.3, -0.25) is 4.79 Å². The lowest BCUT2D eigenvalue weighted by atomic mass is 9.82. The number of ether oxygens (including phenoxy) is 2. The highest BCUT2D eigenvalue weighted by molar-refractivity contribution is 5.81. The Labute approximate surface area is 118 Å². The van der Waals surface area contributed by atoms with Crippen molar-refractivity contribution in [1.82, 2.24) is 10.1 Å². The van der Waals surface area contributed by atoms with Crippen molar-refractivity contribution in [1.29, 1.82) is 0 Å². The van der Waals surface area contributed by atoms with E-state index >= 15 is 0 Å². The van der Waals surface area contributed by atoms with E-state index in [0.29, 0.717) is 37.8 Å². The van der Waals surface area contributed by atoms with Crippen LogP contribution in [0.3, 0.4) is 0 Å². The summed E-state index contributed by atoms with van der Waals surface area (Å²) in [6.07, 6.45) is 2.04. The van der Waals surface area contributed by atoms with E-state index < -0.39 is 5.41 Å². The predicted molar refractivity (Wildman–Crippen MR) is 71.4 cm³/mol. The largest absolute Gasteiger partial charge is 0.465 e. The van der Waals surface area contributed by atoms with Crippen molar-refractivity contribution in [2.75, 3.05) is 19.8 Å². The first kappa shape index (κ1) is 15.0. The van der Waals surface area contributed by atoms with Crippen molar-refractivity contribution in [3.05, 3.63) is 11.7 Å². The lowest BCUT2D eigenvalue weighted by Gasteiger charge is -2.24. The van der Waals surface area contributed by atoms with Gasteiger partial charge in [0.15, 0.2) is 5.82 Å². The summed E-state index contributed by atoms with van der Waals surface area (Å²) >= 11 is 0. The van der Waals surface area contributed by atoms with E-state index in [1.165, 1.54) is 0 Å². The maximum Gasteiger partial charge on any atom is 0.321 e. The summed E-state index contributed by atoms with van der Waals surface area (Å²) in [6.45, 7) is 7.34. The third-order valence-corrected chi connectivity index (χ3v) is 4.02. The highest BCUT2D eigenvalue weighted by atomic mass is 16.5. The number of hydrogen-bond donors (Lipinski definition) is 0. The Morgan fingerprint density at radius 1 is 1.40 bits per heavy atom. The SMILES string of the molecule is CCOC(=O)C(CC)(CC)c1nc(C2CCOC2)no1. The molecule has 1 atom stereocenters. The third kappa shape index (κ3) is 2.57. The molecular formula is C14H22N2O4. The molecule has 1 aromatic rings. The quantitative estimate of drug-likeness (QED) is 0.745. The highest BCUT2D eigenvalue weighted by Crippen LogP contribution is 2.33. The molecule has 1 aliphatic rings. The number of hydrogen-bond acceptors (Lipinski definition) is 6. The molecule has 0 bridgehead atoms. The molecule has 0 aromatic carbocycles. The molecule has 0 saturated carbocycles. The van der Waals surface area contributed by atoms with Crippen LogP contribution >= 0.6 is 0 Å². The normalized spacial score (nSPS) is 19.2. The first-order valence-electron chi connectivity index (χ1n) is 7.27. The summed E-state index contributed by atoms with van der Waals surface area (Å²) in [4.78, 5) is 16.7. The highest BCUT2D eigenvalue weighted by Gasteiger charge is 2.44. The van der Waals surface area contributed by atoms with Crippen molar-refractivity contribution in [2.45, 2.75) is 51.4 Å². The zero-order valence-electron chi connectivity index (χ0n) is 12.3. The number of aromatic nitrogens is 2. The molecule has 0 amide bonds. The predicted octanol–water partition coefficient (Wildman–Crippen LogP) is 2.19. The summed E-state index contributed by atoms with van der Waals surface area (Å²) in [6, 6.07) is 0. The second-order valence-corrected chi connectivity index (χ2v) is 5.03. The lowest BCUT2D eigenvalue weighted by molar-refractivity contribution is -0.151. The lowest BCUT2D eigenvalue weighted by Crippen LogP contribution is -2.37. The van der Waals surface area contributed by atoms with Crippen LogP contribution in [-0.2, 0) is 19.7 Å². The molecule has 1 aliphatic heterocycles. The Kier molecular flexibility index (Phi) is 4.75. The standard InChI is InChI=1S/C14H22N2O4/c1-4-14(5-2,13(17)19-6-3)12-15-11(16-20-12)10-7-8-18-9-10/h10H,4-9H2,1-3H3.